The van der Waals surface area contributed by atoms with E-state index in [-0.39, 0.29) is 0 Å². The number of likely N-dealkylation sites (N-methyl/N-ethyl adjacent to an activating group) is 1. The van der Waals surface area contributed by atoms with Crippen LogP contribution in [0.2, 0.25) is 0 Å². The highest BCUT2D eigenvalue weighted by Crippen LogP contribution is 2.14. The molecule has 0 radical (unpaired) electrons. The Bertz CT molecular complexity index is 642. The van der Waals surface area contributed by atoms with Crippen LogP contribution in [0.3, 0.4) is 0 Å². The molecule has 1 aliphatic rings. The molecule has 1 amide bonds. The molecule has 1 rings (SSSR count). The molecule has 0 aromatic heterocycles. The number of piperazine rings is 1. The standard InChI is InChI=1S/C28H48N2O/c1-7-29-20-22-30(23-21-29)28(31)19-11-18-27(6)17-10-16-26(5)15-9-14-25(4)13-8-12-24(2)3/h12,14,16,18H,7-11,13,15,17,19-23H2,1-6H3/b25-14+,26-16+,27-18+. The average molecular weight is 429 g/mol. The van der Waals surface area contributed by atoms with E-state index in [9.17, 15) is 4.79 Å². The van der Waals surface area contributed by atoms with E-state index < -0.39 is 0 Å². The van der Waals surface area contributed by atoms with Crippen LogP contribution in [-0.4, -0.2) is 48.4 Å². The molecule has 1 saturated heterocycles. The van der Waals surface area contributed by atoms with Crippen molar-refractivity contribution < 1.29 is 4.79 Å². The lowest BCUT2D eigenvalue weighted by atomic mass is 10.0. The lowest BCUT2D eigenvalue weighted by molar-refractivity contribution is -0.132. The van der Waals surface area contributed by atoms with Crippen molar-refractivity contribution >= 4 is 5.91 Å². The maximum absolute atomic E-state index is 12.4. The van der Waals surface area contributed by atoms with Crippen LogP contribution in [-0.2, 0) is 4.79 Å². The lowest BCUT2D eigenvalue weighted by Gasteiger charge is -2.34. The molecule has 1 heterocycles. The van der Waals surface area contributed by atoms with Crippen molar-refractivity contribution in [2.24, 2.45) is 0 Å². The van der Waals surface area contributed by atoms with E-state index in [1.807, 2.05) is 4.90 Å². The zero-order valence-corrected chi connectivity index (χ0v) is 21.3. The lowest BCUT2D eigenvalue weighted by Crippen LogP contribution is -2.48. The normalized spacial score (nSPS) is 16.6. The van der Waals surface area contributed by atoms with Crippen molar-refractivity contribution in [2.75, 3.05) is 32.7 Å². The van der Waals surface area contributed by atoms with E-state index in [1.165, 1.54) is 28.7 Å². The second-order valence-electron chi connectivity index (χ2n) is 9.40. The zero-order chi connectivity index (χ0) is 23.1. The Hall–Kier alpha value is -1.61. The summed E-state index contributed by atoms with van der Waals surface area (Å²) in [5, 5.41) is 0. The third-order valence-corrected chi connectivity index (χ3v) is 6.18. The van der Waals surface area contributed by atoms with Crippen molar-refractivity contribution in [3.8, 4) is 0 Å². The number of carbonyl (C=O) groups is 1. The number of amides is 1. The molecule has 0 aliphatic carbocycles. The minimum Gasteiger partial charge on any atom is -0.340 e. The van der Waals surface area contributed by atoms with Crippen LogP contribution < -0.4 is 0 Å². The maximum atomic E-state index is 12.4. The molecular formula is C28H48N2O. The van der Waals surface area contributed by atoms with Gasteiger partial charge in [-0.25, -0.2) is 0 Å². The van der Waals surface area contributed by atoms with Crippen LogP contribution in [0, 0.1) is 0 Å². The SMILES string of the molecule is CCN1CCN(C(=O)CC/C=C(\C)CC/C=C(\C)CC/C=C(\C)CCC=C(C)C)CC1. The molecule has 0 atom stereocenters. The Labute approximate surface area is 193 Å². The Kier molecular flexibility index (Phi) is 14.2. The molecule has 0 bridgehead atoms. The van der Waals surface area contributed by atoms with Crippen LogP contribution in [0.1, 0.15) is 92.9 Å². The summed E-state index contributed by atoms with van der Waals surface area (Å²) in [5.41, 5.74) is 5.81. The monoisotopic (exact) mass is 428 g/mol. The fourth-order valence-corrected chi connectivity index (χ4v) is 3.90. The van der Waals surface area contributed by atoms with Crippen molar-refractivity contribution in [3.05, 3.63) is 46.6 Å². The largest absolute Gasteiger partial charge is 0.340 e. The van der Waals surface area contributed by atoms with Crippen LogP contribution in [0.5, 0.6) is 0 Å². The number of hydrogen-bond acceptors (Lipinski definition) is 2. The molecule has 3 nitrogen and oxygen atoms in total. The van der Waals surface area contributed by atoms with E-state index in [1.54, 1.807) is 0 Å². The molecule has 0 unspecified atom stereocenters. The fraction of sp³-hybridized carbons (Fsp3) is 0.679. The summed E-state index contributed by atoms with van der Waals surface area (Å²) in [7, 11) is 0. The summed E-state index contributed by atoms with van der Waals surface area (Å²) in [6, 6.07) is 0. The van der Waals surface area contributed by atoms with E-state index in [2.05, 4.69) is 70.7 Å². The third kappa shape index (κ3) is 13.4. The first-order chi connectivity index (χ1) is 14.8. The van der Waals surface area contributed by atoms with Crippen LogP contribution in [0.15, 0.2) is 46.6 Å². The number of allylic oxidation sites excluding steroid dienone is 8. The summed E-state index contributed by atoms with van der Waals surface area (Å²) in [4.78, 5) is 16.8. The number of rotatable bonds is 13. The summed E-state index contributed by atoms with van der Waals surface area (Å²) in [5.74, 6) is 0.319. The second kappa shape index (κ2) is 16.1. The molecule has 3 heteroatoms. The molecule has 1 aliphatic heterocycles. The van der Waals surface area contributed by atoms with Gasteiger partial charge in [0.25, 0.3) is 0 Å². The molecule has 0 aromatic rings. The Balaban J connectivity index is 2.20. The Morgan fingerprint density at radius 2 is 1.06 bits per heavy atom. The first kappa shape index (κ1) is 27.4. The van der Waals surface area contributed by atoms with E-state index in [0.717, 1.165) is 71.2 Å². The first-order valence-electron chi connectivity index (χ1n) is 12.4. The van der Waals surface area contributed by atoms with Gasteiger partial charge in [0.15, 0.2) is 0 Å². The van der Waals surface area contributed by atoms with Gasteiger partial charge in [0.1, 0.15) is 0 Å². The molecular weight excluding hydrogens is 380 g/mol. The molecule has 0 spiro atoms. The summed E-state index contributed by atoms with van der Waals surface area (Å²) in [6.45, 7) is 18.1. The average Bonchev–Trinajstić information content (AvgIpc) is 2.73. The van der Waals surface area contributed by atoms with Gasteiger partial charge >= 0.3 is 0 Å². The van der Waals surface area contributed by atoms with Gasteiger partial charge in [-0.2, -0.15) is 0 Å². The number of carbonyl (C=O) groups excluding carboxylic acids is 1. The van der Waals surface area contributed by atoms with E-state index in [0.29, 0.717) is 12.3 Å². The predicted molar refractivity (Wildman–Crippen MR) is 136 cm³/mol. The van der Waals surface area contributed by atoms with Crippen molar-refractivity contribution in [1.29, 1.82) is 0 Å². The minimum absolute atomic E-state index is 0.319. The zero-order valence-electron chi connectivity index (χ0n) is 21.3. The number of hydrogen-bond donors (Lipinski definition) is 0. The molecule has 0 N–H and O–H groups in total. The minimum atomic E-state index is 0.319. The molecule has 0 aromatic carbocycles. The van der Waals surface area contributed by atoms with Gasteiger partial charge in [-0.1, -0.05) is 53.5 Å². The molecule has 1 fully saturated rings. The maximum Gasteiger partial charge on any atom is 0.222 e. The highest BCUT2D eigenvalue weighted by molar-refractivity contribution is 5.76. The third-order valence-electron chi connectivity index (χ3n) is 6.18. The van der Waals surface area contributed by atoms with Crippen molar-refractivity contribution in [2.45, 2.75) is 92.9 Å². The van der Waals surface area contributed by atoms with Crippen LogP contribution in [0.4, 0.5) is 0 Å². The van der Waals surface area contributed by atoms with E-state index in [4.69, 9.17) is 0 Å². The quantitative estimate of drug-likeness (QED) is 0.293. The summed E-state index contributed by atoms with van der Waals surface area (Å²) >= 11 is 0. The Morgan fingerprint density at radius 1 is 0.645 bits per heavy atom. The molecule has 176 valence electrons. The van der Waals surface area contributed by atoms with Gasteiger partial charge < -0.3 is 9.80 Å². The van der Waals surface area contributed by atoms with E-state index >= 15 is 0 Å². The van der Waals surface area contributed by atoms with Gasteiger partial charge in [-0.15, -0.1) is 0 Å². The first-order valence-corrected chi connectivity index (χ1v) is 12.4. The predicted octanol–water partition coefficient (Wildman–Crippen LogP) is 7.08. The van der Waals surface area contributed by atoms with Crippen molar-refractivity contribution in [3.63, 3.8) is 0 Å². The number of nitrogens with zero attached hydrogens (tertiary/aromatic N) is 2. The molecule has 31 heavy (non-hydrogen) atoms. The highest BCUT2D eigenvalue weighted by Gasteiger charge is 2.19. The van der Waals surface area contributed by atoms with Gasteiger partial charge in [0.2, 0.25) is 5.91 Å². The van der Waals surface area contributed by atoms with Gasteiger partial charge in [-0.3, -0.25) is 4.79 Å². The van der Waals surface area contributed by atoms with Gasteiger partial charge in [0, 0.05) is 32.6 Å². The fourth-order valence-electron chi connectivity index (χ4n) is 3.90. The van der Waals surface area contributed by atoms with Crippen LogP contribution >= 0.6 is 0 Å². The molecule has 0 saturated carbocycles. The summed E-state index contributed by atoms with van der Waals surface area (Å²) in [6.07, 6.45) is 17.7. The van der Waals surface area contributed by atoms with Crippen molar-refractivity contribution in [1.82, 2.24) is 9.80 Å². The topological polar surface area (TPSA) is 23.6 Å². The van der Waals surface area contributed by atoms with Crippen LogP contribution in [0.25, 0.3) is 0 Å². The summed E-state index contributed by atoms with van der Waals surface area (Å²) < 4.78 is 0. The Morgan fingerprint density at radius 3 is 1.48 bits per heavy atom. The van der Waals surface area contributed by atoms with Gasteiger partial charge in [0.05, 0.1) is 0 Å². The van der Waals surface area contributed by atoms with Gasteiger partial charge in [-0.05, 0) is 86.1 Å². The second-order valence-corrected chi connectivity index (χ2v) is 9.40. The smallest absolute Gasteiger partial charge is 0.222 e. The highest BCUT2D eigenvalue weighted by atomic mass is 16.2.